The highest BCUT2D eigenvalue weighted by Gasteiger charge is 2.22. The summed E-state index contributed by atoms with van der Waals surface area (Å²) < 4.78 is 50.7. The van der Waals surface area contributed by atoms with Crippen molar-refractivity contribution in [3.05, 3.63) is 47.5 Å². The van der Waals surface area contributed by atoms with Crippen LogP contribution in [0.1, 0.15) is 43.6 Å². The first-order valence-electron chi connectivity index (χ1n) is 8.12. The summed E-state index contributed by atoms with van der Waals surface area (Å²) in [5.41, 5.74) is 1.96. The number of thiol groups is 1. The van der Waals surface area contributed by atoms with Crippen LogP contribution in [0.2, 0.25) is 0 Å². The lowest BCUT2D eigenvalue weighted by atomic mass is 9.83. The van der Waals surface area contributed by atoms with Gasteiger partial charge in [-0.1, -0.05) is 31.4 Å². The smallest absolute Gasteiger partial charge is 0.224 e. The van der Waals surface area contributed by atoms with Gasteiger partial charge in [0.2, 0.25) is 10.0 Å². The zero-order valence-corrected chi connectivity index (χ0v) is 15.2. The van der Waals surface area contributed by atoms with Gasteiger partial charge in [-0.25, -0.2) is 22.3 Å². The summed E-state index contributed by atoms with van der Waals surface area (Å²) in [5.74, 6) is -1.93. The van der Waals surface area contributed by atoms with E-state index in [0.717, 1.165) is 35.4 Å². The van der Waals surface area contributed by atoms with Crippen molar-refractivity contribution >= 4 is 22.7 Å². The van der Waals surface area contributed by atoms with Gasteiger partial charge in [-0.15, -0.1) is 12.6 Å². The van der Waals surface area contributed by atoms with Crippen molar-refractivity contribution in [3.63, 3.8) is 0 Å². The Bertz CT molecular complexity index is 884. The predicted octanol–water partition coefficient (Wildman–Crippen LogP) is 4.62. The van der Waals surface area contributed by atoms with Crippen LogP contribution in [0.3, 0.4) is 0 Å². The summed E-state index contributed by atoms with van der Waals surface area (Å²) in [7, 11) is -4.46. The lowest BCUT2D eigenvalue weighted by Crippen LogP contribution is -2.16. The lowest BCUT2D eigenvalue weighted by Gasteiger charge is -2.23. The Labute approximate surface area is 151 Å². The standard InChI is InChI=1S/C18H19F2NO2S2/c19-15-8-13(9-16(20)18(15)25(21,22)23)12-6-7-14(17(24)10-12)11-4-2-1-3-5-11/h6-11,24H,1-5H2,(H2,21,22,23). The first kappa shape index (κ1) is 18.4. The molecule has 1 fully saturated rings. The van der Waals surface area contributed by atoms with Gasteiger partial charge in [0, 0.05) is 4.90 Å². The Hall–Kier alpha value is -1.44. The molecular formula is C18H19F2NO2S2. The van der Waals surface area contributed by atoms with Gasteiger partial charge < -0.3 is 0 Å². The van der Waals surface area contributed by atoms with Crippen LogP contribution < -0.4 is 5.14 Å². The predicted molar refractivity (Wildman–Crippen MR) is 96.2 cm³/mol. The van der Waals surface area contributed by atoms with Crippen LogP contribution in [0.25, 0.3) is 11.1 Å². The average Bonchev–Trinajstić information content (AvgIpc) is 2.53. The van der Waals surface area contributed by atoms with Gasteiger partial charge in [0.05, 0.1) is 0 Å². The number of hydrogen-bond acceptors (Lipinski definition) is 3. The van der Waals surface area contributed by atoms with Crippen molar-refractivity contribution in [1.82, 2.24) is 0 Å². The zero-order chi connectivity index (χ0) is 18.2. The van der Waals surface area contributed by atoms with E-state index in [2.05, 4.69) is 12.6 Å². The number of halogens is 2. The number of nitrogens with two attached hydrogens (primary N) is 1. The molecule has 2 aromatic carbocycles. The largest absolute Gasteiger partial charge is 0.243 e. The monoisotopic (exact) mass is 383 g/mol. The van der Waals surface area contributed by atoms with Gasteiger partial charge >= 0.3 is 0 Å². The SMILES string of the molecule is NS(=O)(=O)c1c(F)cc(-c2ccc(C3CCCCC3)c(S)c2)cc1F. The molecule has 2 aromatic rings. The van der Waals surface area contributed by atoms with E-state index in [1.807, 2.05) is 6.07 Å². The summed E-state index contributed by atoms with van der Waals surface area (Å²) in [6.45, 7) is 0. The highest BCUT2D eigenvalue weighted by Crippen LogP contribution is 2.37. The van der Waals surface area contributed by atoms with Gasteiger partial charge in [-0.05, 0) is 53.6 Å². The second-order valence-corrected chi connectivity index (χ2v) is 8.40. The molecule has 0 amide bonds. The number of rotatable bonds is 3. The first-order valence-corrected chi connectivity index (χ1v) is 10.1. The third-order valence-corrected chi connectivity index (χ3v) is 6.04. The van der Waals surface area contributed by atoms with Crippen LogP contribution in [0.15, 0.2) is 40.1 Å². The van der Waals surface area contributed by atoms with E-state index in [9.17, 15) is 17.2 Å². The third kappa shape index (κ3) is 3.88. The van der Waals surface area contributed by atoms with Crippen molar-refractivity contribution < 1.29 is 17.2 Å². The fourth-order valence-electron chi connectivity index (χ4n) is 3.48. The normalized spacial score (nSPS) is 16.2. The highest BCUT2D eigenvalue weighted by atomic mass is 32.2. The molecule has 1 aliphatic carbocycles. The van der Waals surface area contributed by atoms with Crippen molar-refractivity contribution in [3.8, 4) is 11.1 Å². The molecule has 2 N–H and O–H groups in total. The number of benzene rings is 2. The number of primary sulfonamides is 1. The molecule has 3 nitrogen and oxygen atoms in total. The fraction of sp³-hybridized carbons (Fsp3) is 0.333. The summed E-state index contributed by atoms with van der Waals surface area (Å²) in [5, 5.41) is 4.85. The first-order chi connectivity index (χ1) is 11.8. The van der Waals surface area contributed by atoms with E-state index >= 15 is 0 Å². The van der Waals surface area contributed by atoms with Crippen LogP contribution in [-0.2, 0) is 10.0 Å². The lowest BCUT2D eigenvalue weighted by molar-refractivity contribution is 0.440. The molecule has 0 atom stereocenters. The van der Waals surface area contributed by atoms with E-state index in [1.54, 1.807) is 12.1 Å². The molecule has 0 aliphatic heterocycles. The Balaban J connectivity index is 1.99. The summed E-state index contributed by atoms with van der Waals surface area (Å²) in [6.07, 6.45) is 5.90. The summed E-state index contributed by atoms with van der Waals surface area (Å²) in [4.78, 5) is -0.332. The minimum Gasteiger partial charge on any atom is -0.224 e. The molecule has 0 radical (unpaired) electrons. The Morgan fingerprint density at radius 1 is 0.960 bits per heavy atom. The van der Waals surface area contributed by atoms with E-state index < -0.39 is 26.6 Å². The van der Waals surface area contributed by atoms with Crippen molar-refractivity contribution in [1.29, 1.82) is 0 Å². The maximum atomic E-state index is 14.0. The van der Waals surface area contributed by atoms with Gasteiger partial charge in [0.1, 0.15) is 11.6 Å². The zero-order valence-electron chi connectivity index (χ0n) is 13.5. The van der Waals surface area contributed by atoms with Gasteiger partial charge in [-0.3, -0.25) is 0 Å². The molecule has 0 spiro atoms. The molecule has 0 aromatic heterocycles. The molecule has 0 heterocycles. The minimum absolute atomic E-state index is 0.243. The third-order valence-electron chi connectivity index (χ3n) is 4.69. The van der Waals surface area contributed by atoms with E-state index in [0.29, 0.717) is 11.5 Å². The summed E-state index contributed by atoms with van der Waals surface area (Å²) in [6, 6.07) is 7.45. The number of sulfonamides is 1. The highest BCUT2D eigenvalue weighted by molar-refractivity contribution is 7.89. The second-order valence-electron chi connectivity index (χ2n) is 6.42. The van der Waals surface area contributed by atoms with Crippen LogP contribution >= 0.6 is 12.6 Å². The molecule has 1 saturated carbocycles. The maximum Gasteiger partial charge on any atom is 0.243 e. The molecule has 134 valence electrons. The van der Waals surface area contributed by atoms with Crippen LogP contribution in [0, 0.1) is 11.6 Å². The average molecular weight is 383 g/mol. The van der Waals surface area contributed by atoms with E-state index in [-0.39, 0.29) is 5.56 Å². The molecule has 25 heavy (non-hydrogen) atoms. The fourth-order valence-corrected chi connectivity index (χ4v) is 4.54. The molecular weight excluding hydrogens is 364 g/mol. The van der Waals surface area contributed by atoms with Gasteiger partial charge in [0.15, 0.2) is 4.90 Å². The molecule has 0 saturated heterocycles. The van der Waals surface area contributed by atoms with Crippen LogP contribution in [-0.4, -0.2) is 8.42 Å². The molecule has 0 unspecified atom stereocenters. The second kappa shape index (κ2) is 7.05. The molecule has 1 aliphatic rings. The van der Waals surface area contributed by atoms with Gasteiger partial charge in [0.25, 0.3) is 0 Å². The topological polar surface area (TPSA) is 60.2 Å². The number of hydrogen-bond donors (Lipinski definition) is 2. The van der Waals surface area contributed by atoms with Crippen molar-refractivity contribution in [2.45, 2.75) is 47.8 Å². The Morgan fingerprint density at radius 2 is 1.56 bits per heavy atom. The Kier molecular flexibility index (Phi) is 5.18. The summed E-state index contributed by atoms with van der Waals surface area (Å²) >= 11 is 4.54. The van der Waals surface area contributed by atoms with Crippen LogP contribution in [0.4, 0.5) is 8.78 Å². The van der Waals surface area contributed by atoms with E-state index in [1.165, 1.54) is 19.3 Å². The van der Waals surface area contributed by atoms with Crippen molar-refractivity contribution in [2.24, 2.45) is 5.14 Å². The maximum absolute atomic E-state index is 14.0. The van der Waals surface area contributed by atoms with Crippen LogP contribution in [0.5, 0.6) is 0 Å². The van der Waals surface area contributed by atoms with Crippen molar-refractivity contribution in [2.75, 3.05) is 0 Å². The molecule has 0 bridgehead atoms. The minimum atomic E-state index is -4.46. The van der Waals surface area contributed by atoms with E-state index in [4.69, 9.17) is 5.14 Å². The molecule has 7 heteroatoms. The molecule has 3 rings (SSSR count). The Morgan fingerprint density at radius 3 is 2.08 bits per heavy atom. The quantitative estimate of drug-likeness (QED) is 0.760. The van der Waals surface area contributed by atoms with Gasteiger partial charge in [-0.2, -0.15) is 0 Å².